The molecule has 0 aliphatic carbocycles. The van der Waals surface area contributed by atoms with Crippen LogP contribution in [0.2, 0.25) is 0 Å². The van der Waals surface area contributed by atoms with Crippen LogP contribution in [0.5, 0.6) is 0 Å². The molecule has 8 nitrogen and oxygen atoms in total. The Balaban J connectivity index is 1.78. The fourth-order valence-electron chi connectivity index (χ4n) is 1.89. The minimum atomic E-state index is 0.607. The highest BCUT2D eigenvalue weighted by Gasteiger charge is 2.08. The number of hydrogen-bond acceptors (Lipinski definition) is 6. The SMILES string of the molecule is CCCCOn1nnc2cc(Cc3nn[nH]n3)ccc21. The second-order valence-corrected chi connectivity index (χ2v) is 4.48. The van der Waals surface area contributed by atoms with Crippen molar-refractivity contribution in [2.45, 2.75) is 26.2 Å². The lowest BCUT2D eigenvalue weighted by Gasteiger charge is -2.04. The highest BCUT2D eigenvalue weighted by atomic mass is 16.7. The maximum absolute atomic E-state index is 5.55. The summed E-state index contributed by atoms with van der Waals surface area (Å²) in [4.78, 5) is 7.02. The molecule has 0 saturated heterocycles. The zero-order chi connectivity index (χ0) is 13.8. The Morgan fingerprint density at radius 3 is 3.05 bits per heavy atom. The van der Waals surface area contributed by atoms with Gasteiger partial charge in [-0.1, -0.05) is 29.5 Å². The third-order valence-corrected chi connectivity index (χ3v) is 2.94. The summed E-state index contributed by atoms with van der Waals surface area (Å²) in [5.74, 6) is 0.649. The lowest BCUT2D eigenvalue weighted by molar-refractivity contribution is 0.0853. The van der Waals surface area contributed by atoms with Crippen molar-refractivity contribution in [3.8, 4) is 0 Å². The molecule has 0 aliphatic rings. The summed E-state index contributed by atoms with van der Waals surface area (Å²) in [5.41, 5.74) is 2.71. The van der Waals surface area contributed by atoms with Crippen LogP contribution in [0.3, 0.4) is 0 Å². The molecule has 0 bridgehead atoms. The van der Waals surface area contributed by atoms with E-state index in [0.29, 0.717) is 18.9 Å². The van der Waals surface area contributed by atoms with Crippen molar-refractivity contribution in [3.63, 3.8) is 0 Å². The Kier molecular flexibility index (Phi) is 3.53. The molecule has 2 heterocycles. The molecule has 0 fully saturated rings. The largest absolute Gasteiger partial charge is 0.395 e. The number of rotatable bonds is 6. The van der Waals surface area contributed by atoms with Gasteiger partial charge in [0.2, 0.25) is 0 Å². The summed E-state index contributed by atoms with van der Waals surface area (Å²) in [6.45, 7) is 2.76. The van der Waals surface area contributed by atoms with Crippen molar-refractivity contribution in [3.05, 3.63) is 29.6 Å². The quantitative estimate of drug-likeness (QED) is 0.666. The Labute approximate surface area is 115 Å². The number of tetrazole rings is 1. The number of H-pyrrole nitrogens is 1. The van der Waals surface area contributed by atoms with Gasteiger partial charge in [-0.15, -0.1) is 15.3 Å². The van der Waals surface area contributed by atoms with E-state index >= 15 is 0 Å². The van der Waals surface area contributed by atoms with E-state index in [1.54, 1.807) is 0 Å². The maximum Gasteiger partial charge on any atom is 0.178 e. The van der Waals surface area contributed by atoms with E-state index in [-0.39, 0.29) is 0 Å². The van der Waals surface area contributed by atoms with Gasteiger partial charge < -0.3 is 4.84 Å². The molecule has 0 atom stereocenters. The molecular weight excluding hydrogens is 258 g/mol. The first-order valence-electron chi connectivity index (χ1n) is 6.57. The highest BCUT2D eigenvalue weighted by Crippen LogP contribution is 2.14. The van der Waals surface area contributed by atoms with Crippen LogP contribution in [-0.2, 0) is 6.42 Å². The summed E-state index contributed by atoms with van der Waals surface area (Å²) < 4.78 is 0. The van der Waals surface area contributed by atoms with Gasteiger partial charge in [-0.05, 0) is 29.3 Å². The molecular formula is C12H15N7O. The van der Waals surface area contributed by atoms with Crippen LogP contribution in [0.1, 0.15) is 31.2 Å². The summed E-state index contributed by atoms with van der Waals surface area (Å²) in [6, 6.07) is 5.89. The predicted octanol–water partition coefficient (Wildman–Crippen LogP) is 0.764. The molecule has 1 aromatic carbocycles. The first-order valence-corrected chi connectivity index (χ1v) is 6.57. The monoisotopic (exact) mass is 273 g/mol. The number of benzene rings is 1. The van der Waals surface area contributed by atoms with Gasteiger partial charge in [-0.25, -0.2) is 0 Å². The zero-order valence-electron chi connectivity index (χ0n) is 11.2. The van der Waals surface area contributed by atoms with Crippen molar-refractivity contribution in [2.24, 2.45) is 0 Å². The van der Waals surface area contributed by atoms with Crippen molar-refractivity contribution >= 4 is 11.0 Å². The van der Waals surface area contributed by atoms with Gasteiger partial charge in [0.05, 0.1) is 0 Å². The van der Waals surface area contributed by atoms with Gasteiger partial charge in [0.15, 0.2) is 5.82 Å². The van der Waals surface area contributed by atoms with Crippen LogP contribution in [0, 0.1) is 0 Å². The van der Waals surface area contributed by atoms with Gasteiger partial charge in [-0.2, -0.15) is 5.21 Å². The fraction of sp³-hybridized carbons (Fsp3) is 0.417. The zero-order valence-corrected chi connectivity index (χ0v) is 11.2. The van der Waals surface area contributed by atoms with Gasteiger partial charge in [0.1, 0.15) is 17.6 Å². The summed E-state index contributed by atoms with van der Waals surface area (Å²) >= 11 is 0. The molecule has 0 unspecified atom stereocenters. The van der Waals surface area contributed by atoms with E-state index < -0.39 is 0 Å². The molecule has 0 amide bonds. The smallest absolute Gasteiger partial charge is 0.178 e. The van der Waals surface area contributed by atoms with Crippen molar-refractivity contribution in [1.82, 2.24) is 35.8 Å². The van der Waals surface area contributed by atoms with E-state index in [1.807, 2.05) is 18.2 Å². The highest BCUT2D eigenvalue weighted by molar-refractivity contribution is 5.74. The minimum Gasteiger partial charge on any atom is -0.395 e. The molecule has 20 heavy (non-hydrogen) atoms. The lowest BCUT2D eigenvalue weighted by Crippen LogP contribution is -2.14. The Hall–Kier alpha value is -2.51. The normalized spacial score (nSPS) is 11.1. The van der Waals surface area contributed by atoms with Gasteiger partial charge in [-0.3, -0.25) is 0 Å². The molecule has 0 spiro atoms. The van der Waals surface area contributed by atoms with E-state index in [9.17, 15) is 0 Å². The van der Waals surface area contributed by atoms with E-state index in [2.05, 4.69) is 37.9 Å². The molecule has 1 N–H and O–H groups in total. The Morgan fingerprint density at radius 1 is 1.30 bits per heavy atom. The second-order valence-electron chi connectivity index (χ2n) is 4.48. The van der Waals surface area contributed by atoms with Gasteiger partial charge in [0, 0.05) is 6.42 Å². The third-order valence-electron chi connectivity index (χ3n) is 2.94. The average molecular weight is 273 g/mol. The molecule has 0 radical (unpaired) electrons. The van der Waals surface area contributed by atoms with E-state index in [4.69, 9.17) is 4.84 Å². The molecule has 2 aromatic heterocycles. The van der Waals surface area contributed by atoms with E-state index in [1.165, 1.54) is 4.85 Å². The van der Waals surface area contributed by atoms with Crippen LogP contribution < -0.4 is 4.84 Å². The van der Waals surface area contributed by atoms with E-state index in [0.717, 1.165) is 29.4 Å². The molecule has 3 rings (SSSR count). The second kappa shape index (κ2) is 5.64. The molecule has 0 saturated carbocycles. The maximum atomic E-state index is 5.55. The van der Waals surface area contributed by atoms with Crippen molar-refractivity contribution in [1.29, 1.82) is 0 Å². The number of unbranched alkanes of at least 4 members (excludes halogenated alkanes) is 1. The molecule has 3 aromatic rings. The molecule has 0 aliphatic heterocycles. The standard InChI is InChI=1S/C12H15N7O/c1-2-3-6-20-19-11-5-4-9(7-10(11)13-18-19)8-12-14-16-17-15-12/h4-5,7H,2-3,6,8H2,1H3,(H,14,15,16,17). The number of aromatic nitrogens is 7. The fourth-order valence-corrected chi connectivity index (χ4v) is 1.89. The Bertz CT molecular complexity index is 676. The van der Waals surface area contributed by atoms with Crippen LogP contribution in [0.25, 0.3) is 11.0 Å². The predicted molar refractivity (Wildman–Crippen MR) is 70.9 cm³/mol. The van der Waals surface area contributed by atoms with Crippen molar-refractivity contribution in [2.75, 3.05) is 6.61 Å². The minimum absolute atomic E-state index is 0.607. The van der Waals surface area contributed by atoms with Crippen LogP contribution in [0.15, 0.2) is 18.2 Å². The molecule has 8 heteroatoms. The van der Waals surface area contributed by atoms with Crippen LogP contribution >= 0.6 is 0 Å². The van der Waals surface area contributed by atoms with Crippen LogP contribution in [0.4, 0.5) is 0 Å². The first kappa shape index (κ1) is 12.5. The van der Waals surface area contributed by atoms with Crippen molar-refractivity contribution < 1.29 is 4.84 Å². The summed E-state index contributed by atoms with van der Waals surface area (Å²) in [5, 5.41) is 22.0. The van der Waals surface area contributed by atoms with Crippen LogP contribution in [-0.4, -0.2) is 42.4 Å². The summed E-state index contributed by atoms with van der Waals surface area (Å²) in [7, 11) is 0. The first-order chi connectivity index (χ1) is 9.86. The van der Waals surface area contributed by atoms with Gasteiger partial charge >= 0.3 is 0 Å². The lowest BCUT2D eigenvalue weighted by atomic mass is 10.1. The topological polar surface area (TPSA) is 94.4 Å². The average Bonchev–Trinajstić information content (AvgIpc) is 3.09. The molecule has 104 valence electrons. The third kappa shape index (κ3) is 2.58. The number of aromatic amines is 1. The van der Waals surface area contributed by atoms with Gasteiger partial charge in [0.25, 0.3) is 0 Å². The Morgan fingerprint density at radius 2 is 2.25 bits per heavy atom. The number of nitrogens with one attached hydrogen (secondary N) is 1. The summed E-state index contributed by atoms with van der Waals surface area (Å²) in [6.07, 6.45) is 2.69. The number of hydrogen-bond donors (Lipinski definition) is 1. The number of fused-ring (bicyclic) bond motifs is 1. The number of nitrogens with zero attached hydrogens (tertiary/aromatic N) is 6.